The van der Waals surface area contributed by atoms with Crippen LogP contribution in [0.5, 0.6) is 0 Å². The van der Waals surface area contributed by atoms with Gasteiger partial charge in [0, 0.05) is 19.1 Å². The van der Waals surface area contributed by atoms with Crippen LogP contribution in [0.2, 0.25) is 0 Å². The normalized spacial score (nSPS) is 22.4. The number of hydrogen-bond donors (Lipinski definition) is 1. The van der Waals surface area contributed by atoms with Gasteiger partial charge in [0.15, 0.2) is 0 Å². The molecule has 0 unspecified atom stereocenters. The van der Waals surface area contributed by atoms with E-state index >= 15 is 0 Å². The largest absolute Gasteiger partial charge is 0.328 e. The Morgan fingerprint density at radius 2 is 2.36 bits per heavy atom. The maximum absolute atomic E-state index is 11.3. The highest BCUT2D eigenvalue weighted by molar-refractivity contribution is 5.79. The molecule has 0 aromatic rings. The molecule has 1 heterocycles. The van der Waals surface area contributed by atoms with Crippen molar-refractivity contribution in [2.45, 2.75) is 25.8 Å². The van der Waals surface area contributed by atoms with Crippen LogP contribution in [0, 0.1) is 0 Å². The van der Waals surface area contributed by atoms with Crippen molar-refractivity contribution in [2.24, 2.45) is 0 Å². The first-order valence-corrected chi connectivity index (χ1v) is 5.54. The number of carbonyl (C=O) groups excluding carboxylic acids is 1. The summed E-state index contributed by atoms with van der Waals surface area (Å²) < 4.78 is 0. The van der Waals surface area contributed by atoms with Gasteiger partial charge in [0.25, 0.3) is 0 Å². The molecule has 0 spiro atoms. The summed E-state index contributed by atoms with van der Waals surface area (Å²) in [4.78, 5) is 15.7. The molecule has 1 N–H and O–H groups in total. The third-order valence-electron chi connectivity index (χ3n) is 3.06. The summed E-state index contributed by atoms with van der Waals surface area (Å²) in [5, 5.41) is 3.07. The lowest BCUT2D eigenvalue weighted by Crippen LogP contribution is -2.37. The molecule has 0 bridgehead atoms. The first-order valence-electron chi connectivity index (χ1n) is 5.54. The van der Waals surface area contributed by atoms with Crippen LogP contribution < -0.4 is 5.32 Å². The average molecular weight is 197 g/mol. The Bertz CT molecular complexity index is 215. The molecular formula is C10H19N3O. The third-order valence-corrected chi connectivity index (χ3v) is 3.06. The summed E-state index contributed by atoms with van der Waals surface area (Å²) in [6.45, 7) is 6.49. The zero-order valence-electron chi connectivity index (χ0n) is 8.83. The van der Waals surface area contributed by atoms with Gasteiger partial charge in [-0.1, -0.05) is 6.92 Å². The van der Waals surface area contributed by atoms with Gasteiger partial charge in [0.05, 0.1) is 13.2 Å². The molecule has 4 heteroatoms. The molecule has 1 saturated heterocycles. The minimum absolute atomic E-state index is 0.247. The van der Waals surface area contributed by atoms with E-state index in [0.717, 1.165) is 32.3 Å². The van der Waals surface area contributed by atoms with Crippen molar-refractivity contribution in [3.05, 3.63) is 0 Å². The highest BCUT2D eigenvalue weighted by Crippen LogP contribution is 2.26. The minimum atomic E-state index is 0.247. The third kappa shape index (κ3) is 2.25. The summed E-state index contributed by atoms with van der Waals surface area (Å²) in [7, 11) is 0. The van der Waals surface area contributed by atoms with E-state index in [0.29, 0.717) is 6.54 Å². The summed E-state index contributed by atoms with van der Waals surface area (Å²) in [5.74, 6) is 0.247. The lowest BCUT2D eigenvalue weighted by Gasteiger charge is -2.23. The molecule has 1 aliphatic heterocycles. The second-order valence-corrected chi connectivity index (χ2v) is 4.10. The number of amides is 1. The zero-order chi connectivity index (χ0) is 9.97. The van der Waals surface area contributed by atoms with E-state index in [1.807, 2.05) is 4.90 Å². The zero-order valence-corrected chi connectivity index (χ0v) is 8.83. The van der Waals surface area contributed by atoms with Gasteiger partial charge in [0.2, 0.25) is 5.91 Å². The molecule has 1 saturated carbocycles. The lowest BCUT2D eigenvalue weighted by molar-refractivity contribution is -0.126. The van der Waals surface area contributed by atoms with Crippen molar-refractivity contribution in [1.82, 2.24) is 15.1 Å². The molecule has 0 aromatic heterocycles. The van der Waals surface area contributed by atoms with Crippen LogP contribution in [-0.4, -0.2) is 54.6 Å². The molecule has 0 aromatic carbocycles. The molecule has 2 fully saturated rings. The van der Waals surface area contributed by atoms with Gasteiger partial charge in [-0.3, -0.25) is 15.0 Å². The van der Waals surface area contributed by atoms with Crippen molar-refractivity contribution in [3.63, 3.8) is 0 Å². The number of rotatable bonds is 5. The summed E-state index contributed by atoms with van der Waals surface area (Å²) in [5.41, 5.74) is 0. The van der Waals surface area contributed by atoms with E-state index in [9.17, 15) is 4.79 Å². The SMILES string of the molecule is CCN(CCN1CNCC1=O)C1CC1. The van der Waals surface area contributed by atoms with Crippen LogP contribution in [0.25, 0.3) is 0 Å². The molecule has 14 heavy (non-hydrogen) atoms. The number of nitrogens with zero attached hydrogens (tertiary/aromatic N) is 2. The van der Waals surface area contributed by atoms with Gasteiger partial charge in [0.1, 0.15) is 0 Å². The summed E-state index contributed by atoms with van der Waals surface area (Å²) >= 11 is 0. The van der Waals surface area contributed by atoms with Gasteiger partial charge in [-0.15, -0.1) is 0 Å². The fraction of sp³-hybridized carbons (Fsp3) is 0.900. The fourth-order valence-electron chi connectivity index (χ4n) is 1.99. The molecule has 2 aliphatic rings. The fourth-order valence-corrected chi connectivity index (χ4v) is 1.99. The predicted molar refractivity (Wildman–Crippen MR) is 54.9 cm³/mol. The second kappa shape index (κ2) is 4.28. The van der Waals surface area contributed by atoms with Crippen molar-refractivity contribution in [2.75, 3.05) is 32.8 Å². The van der Waals surface area contributed by atoms with E-state index in [1.54, 1.807) is 0 Å². The van der Waals surface area contributed by atoms with E-state index in [-0.39, 0.29) is 5.91 Å². The molecular weight excluding hydrogens is 178 g/mol. The van der Waals surface area contributed by atoms with E-state index in [2.05, 4.69) is 17.1 Å². The van der Waals surface area contributed by atoms with Crippen LogP contribution in [0.1, 0.15) is 19.8 Å². The van der Waals surface area contributed by atoms with Crippen LogP contribution in [-0.2, 0) is 4.79 Å². The number of carbonyl (C=O) groups is 1. The molecule has 4 nitrogen and oxygen atoms in total. The second-order valence-electron chi connectivity index (χ2n) is 4.10. The lowest BCUT2D eigenvalue weighted by atomic mass is 10.4. The molecule has 80 valence electrons. The van der Waals surface area contributed by atoms with E-state index in [1.165, 1.54) is 12.8 Å². The Labute approximate surface area is 85.2 Å². The molecule has 0 radical (unpaired) electrons. The maximum Gasteiger partial charge on any atom is 0.237 e. The van der Waals surface area contributed by atoms with Crippen LogP contribution in [0.3, 0.4) is 0 Å². The highest BCUT2D eigenvalue weighted by Gasteiger charge is 2.28. The van der Waals surface area contributed by atoms with Crippen molar-refractivity contribution < 1.29 is 4.79 Å². The van der Waals surface area contributed by atoms with Crippen molar-refractivity contribution in [3.8, 4) is 0 Å². The predicted octanol–water partition coefficient (Wildman–Crippen LogP) is -0.140. The Hall–Kier alpha value is -0.610. The Balaban J connectivity index is 1.72. The first kappa shape index (κ1) is 9.93. The van der Waals surface area contributed by atoms with Gasteiger partial charge in [-0.25, -0.2) is 0 Å². The summed E-state index contributed by atoms with van der Waals surface area (Å²) in [6, 6.07) is 0.811. The van der Waals surface area contributed by atoms with Gasteiger partial charge >= 0.3 is 0 Å². The van der Waals surface area contributed by atoms with E-state index < -0.39 is 0 Å². The number of nitrogens with one attached hydrogen (secondary N) is 1. The highest BCUT2D eigenvalue weighted by atomic mass is 16.2. The Morgan fingerprint density at radius 1 is 1.57 bits per heavy atom. The smallest absolute Gasteiger partial charge is 0.237 e. The molecule has 1 amide bonds. The maximum atomic E-state index is 11.3. The number of hydrogen-bond acceptors (Lipinski definition) is 3. The number of likely N-dealkylation sites (N-methyl/N-ethyl adjacent to an activating group) is 1. The van der Waals surface area contributed by atoms with Crippen LogP contribution >= 0.6 is 0 Å². The molecule has 0 atom stereocenters. The van der Waals surface area contributed by atoms with Gasteiger partial charge in [-0.2, -0.15) is 0 Å². The van der Waals surface area contributed by atoms with Crippen LogP contribution in [0.4, 0.5) is 0 Å². The molecule has 1 aliphatic carbocycles. The monoisotopic (exact) mass is 197 g/mol. The minimum Gasteiger partial charge on any atom is -0.328 e. The molecule has 2 rings (SSSR count). The quantitative estimate of drug-likeness (QED) is 0.666. The Morgan fingerprint density at radius 3 is 2.86 bits per heavy atom. The first-order chi connectivity index (χ1) is 6.81. The average Bonchev–Trinajstić information content (AvgIpc) is 2.93. The van der Waals surface area contributed by atoms with Crippen molar-refractivity contribution >= 4 is 5.91 Å². The van der Waals surface area contributed by atoms with Gasteiger partial charge < -0.3 is 4.90 Å². The topological polar surface area (TPSA) is 35.6 Å². The Kier molecular flexibility index (Phi) is 3.03. The van der Waals surface area contributed by atoms with Crippen molar-refractivity contribution in [1.29, 1.82) is 0 Å². The van der Waals surface area contributed by atoms with Gasteiger partial charge in [-0.05, 0) is 19.4 Å². The van der Waals surface area contributed by atoms with Crippen LogP contribution in [0.15, 0.2) is 0 Å². The van der Waals surface area contributed by atoms with E-state index in [4.69, 9.17) is 0 Å². The summed E-state index contributed by atoms with van der Waals surface area (Å²) in [6.07, 6.45) is 2.69. The standard InChI is InChI=1S/C10H19N3O/c1-2-12(9-3-4-9)5-6-13-8-11-7-10(13)14/h9,11H,2-8H2,1H3.